The molecule has 0 radical (unpaired) electrons. The van der Waals surface area contributed by atoms with E-state index in [0.717, 1.165) is 11.6 Å². The van der Waals surface area contributed by atoms with Gasteiger partial charge in [-0.05, 0) is 26.3 Å². The van der Waals surface area contributed by atoms with Gasteiger partial charge in [-0.3, -0.25) is 9.48 Å². The molecule has 2 aromatic heterocycles. The SMILES string of the molecule is CC[C@@H](C(=O)NCCn1nc(C)nc1C)n1cccn1. The number of amides is 1. The lowest BCUT2D eigenvalue weighted by molar-refractivity contribution is -0.124. The summed E-state index contributed by atoms with van der Waals surface area (Å²) in [5, 5.41) is 11.3. The average molecular weight is 276 g/mol. The minimum absolute atomic E-state index is 0.0225. The monoisotopic (exact) mass is 276 g/mol. The van der Waals surface area contributed by atoms with E-state index in [2.05, 4.69) is 20.5 Å². The third-order valence-corrected chi connectivity index (χ3v) is 3.12. The maximum Gasteiger partial charge on any atom is 0.244 e. The Balaban J connectivity index is 1.87. The fraction of sp³-hybridized carbons (Fsp3) is 0.538. The van der Waals surface area contributed by atoms with E-state index >= 15 is 0 Å². The van der Waals surface area contributed by atoms with Gasteiger partial charge in [0.05, 0.1) is 6.54 Å². The van der Waals surface area contributed by atoms with Gasteiger partial charge in [0.15, 0.2) is 0 Å². The first kappa shape index (κ1) is 14.2. The molecule has 20 heavy (non-hydrogen) atoms. The van der Waals surface area contributed by atoms with E-state index in [4.69, 9.17) is 0 Å². The number of hydrogen-bond acceptors (Lipinski definition) is 4. The zero-order chi connectivity index (χ0) is 14.5. The Morgan fingerprint density at radius 2 is 2.25 bits per heavy atom. The van der Waals surface area contributed by atoms with Crippen molar-refractivity contribution in [3.63, 3.8) is 0 Å². The summed E-state index contributed by atoms with van der Waals surface area (Å²) in [6, 6.07) is 1.56. The molecule has 0 spiro atoms. The van der Waals surface area contributed by atoms with Gasteiger partial charge in [0.2, 0.25) is 5.91 Å². The molecule has 7 nitrogen and oxygen atoms in total. The molecule has 0 aromatic carbocycles. The molecule has 0 unspecified atom stereocenters. The number of nitrogens with zero attached hydrogens (tertiary/aromatic N) is 5. The van der Waals surface area contributed by atoms with E-state index < -0.39 is 0 Å². The van der Waals surface area contributed by atoms with Gasteiger partial charge in [-0.1, -0.05) is 6.92 Å². The van der Waals surface area contributed by atoms with Gasteiger partial charge in [-0.15, -0.1) is 0 Å². The summed E-state index contributed by atoms with van der Waals surface area (Å²) in [6.07, 6.45) is 4.19. The van der Waals surface area contributed by atoms with Crippen molar-refractivity contribution >= 4 is 5.91 Å². The van der Waals surface area contributed by atoms with Gasteiger partial charge < -0.3 is 5.32 Å². The van der Waals surface area contributed by atoms with E-state index in [-0.39, 0.29) is 11.9 Å². The molecule has 2 rings (SSSR count). The van der Waals surface area contributed by atoms with Crippen LogP contribution < -0.4 is 5.32 Å². The Morgan fingerprint density at radius 1 is 1.45 bits per heavy atom. The number of aromatic nitrogens is 5. The first-order chi connectivity index (χ1) is 9.61. The summed E-state index contributed by atoms with van der Waals surface area (Å²) < 4.78 is 3.48. The maximum absolute atomic E-state index is 12.1. The highest BCUT2D eigenvalue weighted by atomic mass is 16.2. The molecular weight excluding hydrogens is 256 g/mol. The fourth-order valence-electron chi connectivity index (χ4n) is 2.13. The zero-order valence-corrected chi connectivity index (χ0v) is 12.1. The predicted molar refractivity (Wildman–Crippen MR) is 74.1 cm³/mol. The molecule has 2 heterocycles. The van der Waals surface area contributed by atoms with Gasteiger partial charge in [0, 0.05) is 18.9 Å². The van der Waals surface area contributed by atoms with Crippen LogP contribution in [-0.2, 0) is 11.3 Å². The minimum Gasteiger partial charge on any atom is -0.352 e. The number of nitrogens with one attached hydrogen (secondary N) is 1. The Morgan fingerprint density at radius 3 is 2.80 bits per heavy atom. The summed E-state index contributed by atoms with van der Waals surface area (Å²) >= 11 is 0. The first-order valence-electron chi connectivity index (χ1n) is 6.76. The summed E-state index contributed by atoms with van der Waals surface area (Å²) in [5.41, 5.74) is 0. The molecular formula is C13H20N6O. The second-order valence-electron chi connectivity index (χ2n) is 4.63. The van der Waals surface area contributed by atoms with E-state index in [1.807, 2.05) is 26.8 Å². The first-order valence-corrected chi connectivity index (χ1v) is 6.76. The number of carbonyl (C=O) groups excluding carboxylic acids is 1. The third-order valence-electron chi connectivity index (χ3n) is 3.12. The lowest BCUT2D eigenvalue weighted by Gasteiger charge is -2.15. The molecule has 2 aromatic rings. The molecule has 0 saturated heterocycles. The lowest BCUT2D eigenvalue weighted by Crippen LogP contribution is -2.34. The summed E-state index contributed by atoms with van der Waals surface area (Å²) in [7, 11) is 0. The van der Waals surface area contributed by atoms with Crippen molar-refractivity contribution in [2.45, 2.75) is 39.8 Å². The van der Waals surface area contributed by atoms with Crippen molar-refractivity contribution in [1.29, 1.82) is 0 Å². The number of rotatable bonds is 6. The summed E-state index contributed by atoms with van der Waals surface area (Å²) in [4.78, 5) is 16.4. The van der Waals surface area contributed by atoms with Crippen LogP contribution in [0.2, 0.25) is 0 Å². The van der Waals surface area contributed by atoms with E-state index in [1.54, 1.807) is 21.8 Å². The maximum atomic E-state index is 12.1. The van der Waals surface area contributed by atoms with Crippen molar-refractivity contribution in [2.24, 2.45) is 0 Å². The molecule has 0 bridgehead atoms. The molecule has 0 aliphatic heterocycles. The summed E-state index contributed by atoms with van der Waals surface area (Å²) in [6.45, 7) is 6.87. The van der Waals surface area contributed by atoms with Crippen molar-refractivity contribution in [1.82, 2.24) is 29.9 Å². The molecule has 0 aliphatic rings. The number of hydrogen-bond donors (Lipinski definition) is 1. The van der Waals surface area contributed by atoms with E-state index in [1.165, 1.54) is 0 Å². The Kier molecular flexibility index (Phi) is 4.49. The molecule has 1 amide bonds. The van der Waals surface area contributed by atoms with Gasteiger partial charge in [0.1, 0.15) is 17.7 Å². The van der Waals surface area contributed by atoms with Crippen LogP contribution in [0.25, 0.3) is 0 Å². The quantitative estimate of drug-likeness (QED) is 0.849. The van der Waals surface area contributed by atoms with Crippen molar-refractivity contribution in [3.8, 4) is 0 Å². The second kappa shape index (κ2) is 6.31. The highest BCUT2D eigenvalue weighted by molar-refractivity contribution is 5.80. The van der Waals surface area contributed by atoms with Crippen LogP contribution in [0.1, 0.15) is 31.0 Å². The minimum atomic E-state index is -0.261. The normalized spacial score (nSPS) is 12.3. The molecule has 7 heteroatoms. The smallest absolute Gasteiger partial charge is 0.244 e. The number of aryl methyl sites for hydroxylation is 2. The van der Waals surface area contributed by atoms with Crippen LogP contribution in [0.4, 0.5) is 0 Å². The van der Waals surface area contributed by atoms with Crippen LogP contribution in [0.3, 0.4) is 0 Å². The van der Waals surface area contributed by atoms with Crippen LogP contribution in [0.5, 0.6) is 0 Å². The lowest BCUT2D eigenvalue weighted by atomic mass is 10.2. The van der Waals surface area contributed by atoms with Crippen LogP contribution in [-0.4, -0.2) is 37.0 Å². The third kappa shape index (κ3) is 3.23. The highest BCUT2D eigenvalue weighted by Crippen LogP contribution is 2.09. The van der Waals surface area contributed by atoms with Gasteiger partial charge in [-0.25, -0.2) is 9.67 Å². The van der Waals surface area contributed by atoms with Crippen molar-refractivity contribution in [2.75, 3.05) is 6.54 Å². The zero-order valence-electron chi connectivity index (χ0n) is 12.1. The molecule has 108 valence electrons. The summed E-state index contributed by atoms with van der Waals surface area (Å²) in [5.74, 6) is 1.58. The Labute approximate surface area is 118 Å². The Bertz CT molecular complexity index is 559. The van der Waals surface area contributed by atoms with Gasteiger partial charge in [0.25, 0.3) is 0 Å². The van der Waals surface area contributed by atoms with Crippen molar-refractivity contribution in [3.05, 3.63) is 30.1 Å². The van der Waals surface area contributed by atoms with E-state index in [0.29, 0.717) is 19.5 Å². The van der Waals surface area contributed by atoms with E-state index in [9.17, 15) is 4.79 Å². The highest BCUT2D eigenvalue weighted by Gasteiger charge is 2.17. The van der Waals surface area contributed by atoms with Gasteiger partial charge >= 0.3 is 0 Å². The molecule has 0 aliphatic carbocycles. The molecule has 1 atom stereocenters. The van der Waals surface area contributed by atoms with Crippen LogP contribution in [0.15, 0.2) is 18.5 Å². The van der Waals surface area contributed by atoms with Crippen LogP contribution >= 0.6 is 0 Å². The molecule has 0 saturated carbocycles. The molecule has 0 fully saturated rings. The Hall–Kier alpha value is -2.18. The standard InChI is InChI=1S/C13H20N6O/c1-4-12(19-8-5-6-15-19)13(20)14-7-9-18-11(3)16-10(2)17-18/h5-6,8,12H,4,7,9H2,1-3H3,(H,14,20)/t12-/m0/s1. The largest absolute Gasteiger partial charge is 0.352 e. The average Bonchev–Trinajstić information content (AvgIpc) is 3.01. The molecule has 1 N–H and O–H groups in total. The predicted octanol–water partition coefficient (Wildman–Crippen LogP) is 0.859. The van der Waals surface area contributed by atoms with Crippen LogP contribution in [0, 0.1) is 13.8 Å². The topological polar surface area (TPSA) is 77.6 Å². The fourth-order valence-corrected chi connectivity index (χ4v) is 2.13. The van der Waals surface area contributed by atoms with Crippen molar-refractivity contribution < 1.29 is 4.79 Å². The second-order valence-corrected chi connectivity index (χ2v) is 4.63. The number of carbonyl (C=O) groups is 1. The van der Waals surface area contributed by atoms with Gasteiger partial charge in [-0.2, -0.15) is 10.2 Å².